The van der Waals surface area contributed by atoms with Crippen LogP contribution in [-0.4, -0.2) is 16.7 Å². The van der Waals surface area contributed by atoms with E-state index in [1.165, 1.54) is 4.90 Å². The van der Waals surface area contributed by atoms with Gasteiger partial charge in [0.1, 0.15) is 5.54 Å². The summed E-state index contributed by atoms with van der Waals surface area (Å²) in [5.74, 6) is 0. The Morgan fingerprint density at radius 3 is 2.21 bits per heavy atom. The number of halogens is 1. The van der Waals surface area contributed by atoms with Crippen molar-refractivity contribution < 1.29 is 9.90 Å². The minimum Gasteiger partial charge on any atom is -0.365 e. The second-order valence-electron chi connectivity index (χ2n) is 8.31. The molecular formula is C26H19ClN4O2. The maximum Gasteiger partial charge on any atom is 0.332 e. The highest BCUT2D eigenvalue weighted by molar-refractivity contribution is 6.30. The van der Waals surface area contributed by atoms with Gasteiger partial charge in [-0.2, -0.15) is 5.26 Å². The fourth-order valence-corrected chi connectivity index (χ4v) is 5.12. The van der Waals surface area contributed by atoms with Gasteiger partial charge in [0.2, 0.25) is 0 Å². The van der Waals surface area contributed by atoms with Crippen LogP contribution >= 0.6 is 11.6 Å². The second kappa shape index (κ2) is 7.64. The molecule has 1 N–H and O–H groups in total. The van der Waals surface area contributed by atoms with Crippen LogP contribution in [-0.2, 0) is 5.72 Å². The molecule has 1 spiro atoms. The Kier molecular flexibility index (Phi) is 4.87. The average molecular weight is 455 g/mol. The number of urea groups is 1. The van der Waals surface area contributed by atoms with Crippen molar-refractivity contribution in [2.45, 2.75) is 30.5 Å². The van der Waals surface area contributed by atoms with E-state index in [-0.39, 0.29) is 6.03 Å². The molecule has 1 aliphatic heterocycles. The summed E-state index contributed by atoms with van der Waals surface area (Å²) in [7, 11) is 0. The quantitative estimate of drug-likeness (QED) is 0.495. The van der Waals surface area contributed by atoms with E-state index < -0.39 is 11.3 Å². The summed E-state index contributed by atoms with van der Waals surface area (Å²) in [4.78, 5) is 20.6. The summed E-state index contributed by atoms with van der Waals surface area (Å²) >= 11 is 6.09. The third-order valence-corrected chi connectivity index (χ3v) is 6.93. The van der Waals surface area contributed by atoms with Gasteiger partial charge >= 0.3 is 6.03 Å². The Hall–Kier alpha value is -3.84. The van der Waals surface area contributed by atoms with Crippen LogP contribution < -0.4 is 9.80 Å². The standard InChI is InChI=1S/C26H19ClN4O2/c1-29-21-5-2-4-19(16-21)26(33)25(14-3-15-25)30(22-10-6-18(17-28)7-11-22)24(32)31(26)23-12-8-20(27)9-13-23/h2,4-13,16,33H,3,14-15H2. The average Bonchev–Trinajstić information content (AvgIpc) is 3.04. The van der Waals surface area contributed by atoms with E-state index in [9.17, 15) is 15.2 Å². The summed E-state index contributed by atoms with van der Waals surface area (Å²) in [6.07, 6.45) is 2.02. The van der Waals surface area contributed by atoms with Gasteiger partial charge in [0.25, 0.3) is 0 Å². The van der Waals surface area contributed by atoms with E-state index in [0.29, 0.717) is 46.1 Å². The molecule has 0 aromatic heterocycles. The number of nitrogens with zero attached hydrogens (tertiary/aromatic N) is 4. The van der Waals surface area contributed by atoms with Gasteiger partial charge in [-0.25, -0.2) is 9.64 Å². The molecule has 1 saturated carbocycles. The van der Waals surface area contributed by atoms with Crippen molar-refractivity contribution in [1.82, 2.24) is 0 Å². The largest absolute Gasteiger partial charge is 0.365 e. The number of hydrogen-bond donors (Lipinski definition) is 1. The number of anilines is 2. The third kappa shape index (κ3) is 2.93. The number of carbonyl (C=O) groups is 1. The number of amides is 2. The first kappa shape index (κ1) is 21.0. The first-order chi connectivity index (χ1) is 15.9. The minimum atomic E-state index is -1.72. The van der Waals surface area contributed by atoms with Crippen LogP contribution in [0.25, 0.3) is 4.85 Å². The third-order valence-electron chi connectivity index (χ3n) is 6.68. The number of hydrogen-bond acceptors (Lipinski definition) is 3. The van der Waals surface area contributed by atoms with Gasteiger partial charge in [-0.3, -0.25) is 9.80 Å². The Bertz CT molecular complexity index is 1320. The topological polar surface area (TPSA) is 71.9 Å². The molecule has 6 nitrogen and oxygen atoms in total. The lowest BCUT2D eigenvalue weighted by Crippen LogP contribution is -2.63. The molecule has 2 fully saturated rings. The summed E-state index contributed by atoms with van der Waals surface area (Å²) in [5, 5.41) is 22.2. The highest BCUT2D eigenvalue weighted by Gasteiger charge is 2.70. The summed E-state index contributed by atoms with van der Waals surface area (Å²) in [6, 6.07) is 22.1. The number of rotatable bonds is 3. The van der Waals surface area contributed by atoms with E-state index in [2.05, 4.69) is 10.9 Å². The van der Waals surface area contributed by atoms with Crippen LogP contribution in [0.3, 0.4) is 0 Å². The Morgan fingerprint density at radius 1 is 1.00 bits per heavy atom. The molecule has 0 bridgehead atoms. The van der Waals surface area contributed by atoms with Crippen LogP contribution in [0.4, 0.5) is 21.9 Å². The van der Waals surface area contributed by atoms with Gasteiger partial charge in [0, 0.05) is 16.4 Å². The van der Waals surface area contributed by atoms with Gasteiger partial charge in [-0.05, 0) is 79.4 Å². The van der Waals surface area contributed by atoms with Crippen LogP contribution in [0.15, 0.2) is 72.8 Å². The summed E-state index contributed by atoms with van der Waals surface area (Å²) < 4.78 is 0. The molecule has 1 atom stereocenters. The zero-order chi connectivity index (χ0) is 23.2. The molecule has 1 saturated heterocycles. The van der Waals surface area contributed by atoms with Crippen molar-refractivity contribution >= 4 is 34.7 Å². The molecule has 7 heteroatoms. The number of benzene rings is 3. The number of carbonyl (C=O) groups excluding carboxylic acids is 1. The van der Waals surface area contributed by atoms with Gasteiger partial charge < -0.3 is 5.11 Å². The van der Waals surface area contributed by atoms with E-state index in [0.717, 1.165) is 6.42 Å². The lowest BCUT2D eigenvalue weighted by atomic mass is 9.66. The zero-order valence-corrected chi connectivity index (χ0v) is 18.3. The summed E-state index contributed by atoms with van der Waals surface area (Å²) in [6.45, 7) is 7.43. The highest BCUT2D eigenvalue weighted by Crippen LogP contribution is 2.59. The Labute approximate surface area is 196 Å². The molecule has 5 rings (SSSR count). The van der Waals surface area contributed by atoms with E-state index in [4.69, 9.17) is 18.2 Å². The van der Waals surface area contributed by atoms with Gasteiger partial charge in [-0.15, -0.1) is 0 Å². The predicted molar refractivity (Wildman–Crippen MR) is 126 cm³/mol. The molecule has 3 aromatic carbocycles. The number of aliphatic hydroxyl groups is 1. The predicted octanol–water partition coefficient (Wildman–Crippen LogP) is 5.98. The minimum absolute atomic E-state index is 0.377. The van der Waals surface area contributed by atoms with E-state index in [1.807, 2.05) is 0 Å². The van der Waals surface area contributed by atoms with Crippen molar-refractivity contribution in [1.29, 1.82) is 5.26 Å². The molecule has 0 radical (unpaired) electrons. The van der Waals surface area contributed by atoms with Gasteiger partial charge in [-0.1, -0.05) is 29.8 Å². The second-order valence-corrected chi connectivity index (χ2v) is 8.74. The lowest BCUT2D eigenvalue weighted by molar-refractivity contribution is -0.0524. The molecule has 3 aromatic rings. The molecule has 2 amide bonds. The molecule has 1 aliphatic carbocycles. The molecular weight excluding hydrogens is 436 g/mol. The fourth-order valence-electron chi connectivity index (χ4n) is 4.99. The number of nitriles is 1. The Morgan fingerprint density at radius 2 is 1.64 bits per heavy atom. The van der Waals surface area contributed by atoms with Crippen LogP contribution in [0.1, 0.15) is 30.4 Å². The Balaban J connectivity index is 1.76. The van der Waals surface area contributed by atoms with Crippen molar-refractivity contribution in [3.63, 3.8) is 0 Å². The maximum atomic E-state index is 14.0. The van der Waals surface area contributed by atoms with Crippen molar-refractivity contribution in [2.75, 3.05) is 9.80 Å². The van der Waals surface area contributed by atoms with E-state index >= 15 is 0 Å². The van der Waals surface area contributed by atoms with Crippen LogP contribution in [0.5, 0.6) is 0 Å². The lowest BCUT2D eigenvalue weighted by Gasteiger charge is -2.52. The van der Waals surface area contributed by atoms with Crippen molar-refractivity contribution in [3.05, 3.63) is 100 Å². The SMILES string of the molecule is [C-]#[N+]c1cccc(C2(O)N(c3ccc(Cl)cc3)C(=O)N(c3ccc(C#N)cc3)C23CCC3)c1. The van der Waals surface area contributed by atoms with Crippen LogP contribution in [0.2, 0.25) is 5.02 Å². The highest BCUT2D eigenvalue weighted by atomic mass is 35.5. The molecule has 33 heavy (non-hydrogen) atoms. The van der Waals surface area contributed by atoms with Crippen LogP contribution in [0, 0.1) is 17.9 Å². The monoisotopic (exact) mass is 454 g/mol. The normalized spacial score (nSPS) is 20.9. The van der Waals surface area contributed by atoms with Crippen molar-refractivity contribution in [2.24, 2.45) is 0 Å². The smallest absolute Gasteiger partial charge is 0.332 e. The van der Waals surface area contributed by atoms with E-state index in [1.54, 1.807) is 77.7 Å². The molecule has 162 valence electrons. The molecule has 1 heterocycles. The van der Waals surface area contributed by atoms with Gasteiger partial charge in [0.15, 0.2) is 11.4 Å². The first-order valence-electron chi connectivity index (χ1n) is 10.6. The fraction of sp³-hybridized carbons (Fsp3) is 0.192. The van der Waals surface area contributed by atoms with Gasteiger partial charge in [0.05, 0.1) is 18.2 Å². The molecule has 1 unspecified atom stereocenters. The maximum absolute atomic E-state index is 14.0. The first-order valence-corrected chi connectivity index (χ1v) is 10.9. The summed E-state index contributed by atoms with van der Waals surface area (Å²) in [5.41, 5.74) is -0.186. The zero-order valence-electron chi connectivity index (χ0n) is 17.6. The molecule has 2 aliphatic rings. The van der Waals surface area contributed by atoms with Crippen molar-refractivity contribution in [3.8, 4) is 6.07 Å².